The van der Waals surface area contributed by atoms with E-state index >= 15 is 0 Å². The van der Waals surface area contributed by atoms with Crippen molar-refractivity contribution in [3.63, 3.8) is 0 Å². The molecule has 1 heterocycles. The van der Waals surface area contributed by atoms with Gasteiger partial charge in [0.2, 0.25) is 5.91 Å². The average Bonchev–Trinajstić information content (AvgIpc) is 2.56. The molecule has 1 saturated heterocycles. The third-order valence-electron chi connectivity index (χ3n) is 3.49. The molecule has 2 rings (SSSR count). The summed E-state index contributed by atoms with van der Waals surface area (Å²) in [4.78, 5) is 34.6. The standard InChI is InChI=1S/C14H21N3O.C2H2O4/c1-16-9-11-17(12-10-16)8-7-14(18)15-13-5-3-2-4-6-13;3-1(4)2(5)6/h2-6H,7-12H2,1H3,(H,15,18);(H,3,4)(H,5,6). The second-order valence-electron chi connectivity index (χ2n) is 5.42. The minimum Gasteiger partial charge on any atom is -0.473 e. The lowest BCUT2D eigenvalue weighted by Crippen LogP contribution is -2.45. The van der Waals surface area contributed by atoms with E-state index in [1.165, 1.54) is 0 Å². The molecule has 1 aliphatic rings. The van der Waals surface area contributed by atoms with Gasteiger partial charge in [-0.3, -0.25) is 4.79 Å². The van der Waals surface area contributed by atoms with E-state index in [4.69, 9.17) is 19.8 Å². The van der Waals surface area contributed by atoms with Crippen molar-refractivity contribution in [3.05, 3.63) is 30.3 Å². The summed E-state index contributed by atoms with van der Waals surface area (Å²) in [6, 6.07) is 9.62. The Morgan fingerprint density at radius 3 is 2.04 bits per heavy atom. The van der Waals surface area contributed by atoms with Crippen molar-refractivity contribution in [3.8, 4) is 0 Å². The van der Waals surface area contributed by atoms with E-state index in [-0.39, 0.29) is 5.91 Å². The topological polar surface area (TPSA) is 110 Å². The lowest BCUT2D eigenvalue weighted by Gasteiger charge is -2.32. The first-order valence-corrected chi connectivity index (χ1v) is 7.60. The van der Waals surface area contributed by atoms with Gasteiger partial charge in [0.15, 0.2) is 0 Å². The predicted molar refractivity (Wildman–Crippen MR) is 88.9 cm³/mol. The maximum Gasteiger partial charge on any atom is 0.414 e. The average molecular weight is 337 g/mol. The number of carboxylic acid groups (broad SMARTS) is 2. The van der Waals surface area contributed by atoms with Gasteiger partial charge in [-0.05, 0) is 19.2 Å². The first-order chi connectivity index (χ1) is 11.4. The highest BCUT2D eigenvalue weighted by molar-refractivity contribution is 6.27. The van der Waals surface area contributed by atoms with Crippen molar-refractivity contribution in [2.24, 2.45) is 0 Å². The van der Waals surface area contributed by atoms with Crippen LogP contribution in [0.3, 0.4) is 0 Å². The Labute approximate surface area is 140 Å². The molecule has 0 bridgehead atoms. The summed E-state index contributed by atoms with van der Waals surface area (Å²) in [5.41, 5.74) is 0.876. The molecule has 1 aliphatic heterocycles. The molecule has 132 valence electrons. The fraction of sp³-hybridized carbons (Fsp3) is 0.438. The minimum atomic E-state index is -1.82. The van der Waals surface area contributed by atoms with Crippen molar-refractivity contribution in [2.45, 2.75) is 6.42 Å². The number of anilines is 1. The molecule has 1 fully saturated rings. The fourth-order valence-corrected chi connectivity index (χ4v) is 2.08. The van der Waals surface area contributed by atoms with E-state index in [9.17, 15) is 4.79 Å². The van der Waals surface area contributed by atoms with Crippen molar-refractivity contribution >= 4 is 23.5 Å². The maximum absolute atomic E-state index is 11.8. The number of para-hydroxylation sites is 1. The highest BCUT2D eigenvalue weighted by Gasteiger charge is 2.14. The Balaban J connectivity index is 0.000000413. The number of carboxylic acids is 2. The van der Waals surface area contributed by atoms with E-state index in [1.807, 2.05) is 30.3 Å². The minimum absolute atomic E-state index is 0.0973. The number of hydrogen-bond donors (Lipinski definition) is 3. The van der Waals surface area contributed by atoms with Crippen LogP contribution in [0.25, 0.3) is 0 Å². The monoisotopic (exact) mass is 337 g/mol. The molecule has 0 atom stereocenters. The Bertz CT molecular complexity index is 530. The second-order valence-corrected chi connectivity index (χ2v) is 5.42. The summed E-state index contributed by atoms with van der Waals surface area (Å²) in [6.45, 7) is 5.18. The van der Waals surface area contributed by atoms with Gasteiger partial charge in [0.25, 0.3) is 0 Å². The molecule has 1 aromatic carbocycles. The van der Waals surface area contributed by atoms with Gasteiger partial charge in [-0.2, -0.15) is 0 Å². The van der Waals surface area contributed by atoms with E-state index < -0.39 is 11.9 Å². The van der Waals surface area contributed by atoms with E-state index in [2.05, 4.69) is 22.2 Å². The van der Waals surface area contributed by atoms with Crippen molar-refractivity contribution in [1.82, 2.24) is 9.80 Å². The summed E-state index contributed by atoms with van der Waals surface area (Å²) in [6.07, 6.45) is 0.568. The Hall–Kier alpha value is -2.45. The summed E-state index contributed by atoms with van der Waals surface area (Å²) in [7, 11) is 2.14. The van der Waals surface area contributed by atoms with Crippen LogP contribution < -0.4 is 5.32 Å². The quantitative estimate of drug-likeness (QED) is 0.683. The molecule has 8 nitrogen and oxygen atoms in total. The zero-order valence-corrected chi connectivity index (χ0v) is 13.6. The molecule has 8 heteroatoms. The van der Waals surface area contributed by atoms with Crippen LogP contribution in [0.4, 0.5) is 5.69 Å². The third-order valence-corrected chi connectivity index (χ3v) is 3.49. The van der Waals surface area contributed by atoms with Gasteiger partial charge >= 0.3 is 11.9 Å². The van der Waals surface area contributed by atoms with Gasteiger partial charge in [0, 0.05) is 44.8 Å². The van der Waals surface area contributed by atoms with Gasteiger partial charge in [-0.25, -0.2) is 9.59 Å². The number of aliphatic carboxylic acids is 2. The molecule has 1 amide bonds. The third kappa shape index (κ3) is 8.25. The number of hydrogen-bond acceptors (Lipinski definition) is 5. The van der Waals surface area contributed by atoms with E-state index in [1.54, 1.807) is 0 Å². The van der Waals surface area contributed by atoms with Crippen molar-refractivity contribution < 1.29 is 24.6 Å². The zero-order chi connectivity index (χ0) is 17.9. The van der Waals surface area contributed by atoms with Crippen LogP contribution in [-0.2, 0) is 14.4 Å². The number of carbonyl (C=O) groups is 3. The predicted octanol–water partition coefficient (Wildman–Crippen LogP) is 0.418. The van der Waals surface area contributed by atoms with Crippen LogP contribution in [0.5, 0.6) is 0 Å². The zero-order valence-electron chi connectivity index (χ0n) is 13.6. The fourth-order valence-electron chi connectivity index (χ4n) is 2.08. The number of likely N-dealkylation sites (N-methyl/N-ethyl adjacent to an activating group) is 1. The molecular weight excluding hydrogens is 314 g/mol. The largest absolute Gasteiger partial charge is 0.473 e. The van der Waals surface area contributed by atoms with Crippen LogP contribution in [0.1, 0.15) is 6.42 Å². The molecule has 3 N–H and O–H groups in total. The van der Waals surface area contributed by atoms with Gasteiger partial charge in [-0.15, -0.1) is 0 Å². The van der Waals surface area contributed by atoms with Crippen LogP contribution in [0, 0.1) is 0 Å². The van der Waals surface area contributed by atoms with Crippen LogP contribution in [-0.4, -0.2) is 77.6 Å². The lowest BCUT2D eigenvalue weighted by atomic mass is 10.2. The molecular formula is C16H23N3O5. The number of benzene rings is 1. The van der Waals surface area contributed by atoms with Crippen LogP contribution in [0.15, 0.2) is 30.3 Å². The second kappa shape index (κ2) is 10.3. The molecule has 0 aromatic heterocycles. The van der Waals surface area contributed by atoms with E-state index in [0.717, 1.165) is 38.4 Å². The molecule has 0 aliphatic carbocycles. The maximum atomic E-state index is 11.8. The number of rotatable bonds is 4. The molecule has 0 spiro atoms. The highest BCUT2D eigenvalue weighted by atomic mass is 16.4. The number of piperazine rings is 1. The van der Waals surface area contributed by atoms with Gasteiger partial charge in [0.1, 0.15) is 0 Å². The highest BCUT2D eigenvalue weighted by Crippen LogP contribution is 2.06. The summed E-state index contributed by atoms with van der Waals surface area (Å²) >= 11 is 0. The van der Waals surface area contributed by atoms with Crippen molar-refractivity contribution in [2.75, 3.05) is 45.1 Å². The first-order valence-electron chi connectivity index (χ1n) is 7.60. The lowest BCUT2D eigenvalue weighted by molar-refractivity contribution is -0.159. The number of nitrogens with zero attached hydrogens (tertiary/aromatic N) is 2. The SMILES string of the molecule is CN1CCN(CCC(=O)Nc2ccccc2)CC1.O=C(O)C(=O)O. The number of nitrogens with one attached hydrogen (secondary N) is 1. The van der Waals surface area contributed by atoms with E-state index in [0.29, 0.717) is 6.42 Å². The van der Waals surface area contributed by atoms with Crippen molar-refractivity contribution in [1.29, 1.82) is 0 Å². The molecule has 0 unspecified atom stereocenters. The van der Waals surface area contributed by atoms with Gasteiger partial charge in [-0.1, -0.05) is 18.2 Å². The van der Waals surface area contributed by atoms with Gasteiger partial charge < -0.3 is 25.3 Å². The Morgan fingerprint density at radius 2 is 1.54 bits per heavy atom. The molecule has 1 aromatic rings. The van der Waals surface area contributed by atoms with Gasteiger partial charge in [0.05, 0.1) is 0 Å². The summed E-state index contributed by atoms with van der Waals surface area (Å²) < 4.78 is 0. The first kappa shape index (κ1) is 19.6. The Morgan fingerprint density at radius 1 is 1.00 bits per heavy atom. The summed E-state index contributed by atoms with van der Waals surface area (Å²) in [5.74, 6) is -3.55. The molecule has 0 radical (unpaired) electrons. The number of amides is 1. The number of carbonyl (C=O) groups excluding carboxylic acids is 1. The summed E-state index contributed by atoms with van der Waals surface area (Å²) in [5, 5.41) is 17.7. The smallest absolute Gasteiger partial charge is 0.414 e. The molecule has 0 saturated carbocycles. The Kier molecular flexibility index (Phi) is 8.45. The normalized spacial score (nSPS) is 15.0. The van der Waals surface area contributed by atoms with Crippen LogP contribution in [0.2, 0.25) is 0 Å². The van der Waals surface area contributed by atoms with Crippen LogP contribution >= 0.6 is 0 Å². The molecule has 24 heavy (non-hydrogen) atoms.